The Morgan fingerprint density at radius 1 is 0.963 bits per heavy atom. The number of rotatable bonds is 6. The van der Waals surface area contributed by atoms with Gasteiger partial charge in [0.1, 0.15) is 0 Å². The summed E-state index contributed by atoms with van der Waals surface area (Å²) >= 11 is 0. The molecule has 27 heavy (non-hydrogen) atoms. The van der Waals surface area contributed by atoms with Crippen molar-refractivity contribution in [2.45, 2.75) is 52.4 Å². The second-order valence-electron chi connectivity index (χ2n) is 8.01. The van der Waals surface area contributed by atoms with Crippen LogP contribution in [-0.2, 0) is 6.42 Å². The van der Waals surface area contributed by atoms with E-state index in [1.807, 2.05) is 24.3 Å². The van der Waals surface area contributed by atoms with Gasteiger partial charge in [-0.1, -0.05) is 57.4 Å². The van der Waals surface area contributed by atoms with Gasteiger partial charge in [-0.3, -0.25) is 0 Å². The first-order valence-corrected chi connectivity index (χ1v) is 10.1. The van der Waals surface area contributed by atoms with Crippen molar-refractivity contribution in [2.75, 3.05) is 7.11 Å². The minimum atomic E-state index is -0.935. The summed E-state index contributed by atoms with van der Waals surface area (Å²) in [6.45, 7) is 4.65. The fourth-order valence-electron chi connectivity index (χ4n) is 4.44. The van der Waals surface area contributed by atoms with Crippen molar-refractivity contribution in [3.05, 3.63) is 53.6 Å². The van der Waals surface area contributed by atoms with E-state index in [4.69, 9.17) is 4.74 Å². The molecule has 0 N–H and O–H groups in total. The molecular formula is C24H30F2O. The van der Waals surface area contributed by atoms with Gasteiger partial charge in [0.05, 0.1) is 7.11 Å². The lowest BCUT2D eigenvalue weighted by Crippen LogP contribution is -2.21. The topological polar surface area (TPSA) is 9.23 Å². The van der Waals surface area contributed by atoms with E-state index in [9.17, 15) is 8.78 Å². The zero-order chi connectivity index (χ0) is 19.4. The Morgan fingerprint density at radius 3 is 2.22 bits per heavy atom. The highest BCUT2D eigenvalue weighted by atomic mass is 19.2. The predicted molar refractivity (Wildman–Crippen MR) is 107 cm³/mol. The Balaban J connectivity index is 1.66. The first-order valence-electron chi connectivity index (χ1n) is 10.1. The van der Waals surface area contributed by atoms with Gasteiger partial charge in [-0.2, -0.15) is 4.39 Å². The molecule has 0 spiro atoms. The number of hydrogen-bond donors (Lipinski definition) is 0. The maximum Gasteiger partial charge on any atom is 0.201 e. The van der Waals surface area contributed by atoms with Gasteiger partial charge in [-0.15, -0.1) is 0 Å². The number of ether oxygens (including phenoxy) is 1. The molecule has 0 saturated heterocycles. The normalized spacial score (nSPS) is 21.1. The third-order valence-electron chi connectivity index (χ3n) is 6.36. The van der Waals surface area contributed by atoms with Crippen molar-refractivity contribution >= 4 is 0 Å². The molecule has 0 amide bonds. The molecule has 1 nitrogen and oxygen atoms in total. The van der Waals surface area contributed by atoms with Crippen molar-refractivity contribution in [3.63, 3.8) is 0 Å². The van der Waals surface area contributed by atoms with Gasteiger partial charge in [-0.05, 0) is 60.3 Å². The Labute approximate surface area is 161 Å². The summed E-state index contributed by atoms with van der Waals surface area (Å²) in [6, 6.07) is 10.9. The van der Waals surface area contributed by atoms with Crippen LogP contribution in [0.1, 0.15) is 51.5 Å². The van der Waals surface area contributed by atoms with E-state index in [0.29, 0.717) is 11.5 Å². The van der Waals surface area contributed by atoms with Crippen LogP contribution in [-0.4, -0.2) is 7.11 Å². The number of hydrogen-bond acceptors (Lipinski definition) is 1. The van der Waals surface area contributed by atoms with Gasteiger partial charge in [0, 0.05) is 5.56 Å². The zero-order valence-corrected chi connectivity index (χ0v) is 16.6. The predicted octanol–water partition coefficient (Wildman–Crippen LogP) is 7.04. The van der Waals surface area contributed by atoms with Crippen LogP contribution in [0, 0.1) is 29.4 Å². The maximum absolute atomic E-state index is 14.3. The van der Waals surface area contributed by atoms with E-state index < -0.39 is 11.6 Å². The molecule has 1 saturated carbocycles. The maximum atomic E-state index is 14.3. The largest absolute Gasteiger partial charge is 0.494 e. The molecule has 0 radical (unpaired) electrons. The third-order valence-corrected chi connectivity index (χ3v) is 6.36. The van der Waals surface area contributed by atoms with Crippen LogP contribution in [0.5, 0.6) is 5.75 Å². The quantitative estimate of drug-likeness (QED) is 0.528. The third kappa shape index (κ3) is 4.51. The smallest absolute Gasteiger partial charge is 0.201 e. The minimum Gasteiger partial charge on any atom is -0.494 e. The SMILES string of the molecule is CCC1CCC(C(C)Cc2ccc(-c3ccc(OC)c(F)c3F)cc2)CC1. The molecule has 0 heterocycles. The van der Waals surface area contributed by atoms with Crippen molar-refractivity contribution < 1.29 is 13.5 Å². The zero-order valence-electron chi connectivity index (χ0n) is 16.6. The summed E-state index contributed by atoms with van der Waals surface area (Å²) in [6.07, 6.45) is 7.77. The molecule has 1 aliphatic carbocycles. The fourth-order valence-corrected chi connectivity index (χ4v) is 4.44. The van der Waals surface area contributed by atoms with E-state index in [1.54, 1.807) is 6.07 Å². The molecule has 2 aromatic rings. The number of benzene rings is 2. The number of halogens is 2. The van der Waals surface area contributed by atoms with Gasteiger partial charge >= 0.3 is 0 Å². The van der Waals surface area contributed by atoms with Crippen molar-refractivity contribution in [1.29, 1.82) is 0 Å². The lowest BCUT2D eigenvalue weighted by molar-refractivity contribution is 0.210. The highest BCUT2D eigenvalue weighted by Gasteiger charge is 2.24. The number of methoxy groups -OCH3 is 1. The molecule has 1 atom stereocenters. The Morgan fingerprint density at radius 2 is 1.63 bits per heavy atom. The van der Waals surface area contributed by atoms with Crippen LogP contribution in [0.4, 0.5) is 8.78 Å². The average Bonchev–Trinajstić information content (AvgIpc) is 2.71. The lowest BCUT2D eigenvalue weighted by Gasteiger charge is -2.32. The summed E-state index contributed by atoms with van der Waals surface area (Å²) in [4.78, 5) is 0. The second-order valence-corrected chi connectivity index (χ2v) is 8.01. The van der Waals surface area contributed by atoms with Crippen molar-refractivity contribution in [2.24, 2.45) is 17.8 Å². The Hall–Kier alpha value is -1.90. The van der Waals surface area contributed by atoms with Gasteiger partial charge in [0.15, 0.2) is 11.6 Å². The Bertz CT molecular complexity index is 746. The van der Waals surface area contributed by atoms with Gasteiger partial charge in [-0.25, -0.2) is 4.39 Å². The van der Waals surface area contributed by atoms with E-state index in [1.165, 1.54) is 50.8 Å². The van der Waals surface area contributed by atoms with Crippen molar-refractivity contribution in [3.8, 4) is 16.9 Å². The summed E-state index contributed by atoms with van der Waals surface area (Å²) in [5, 5.41) is 0. The summed E-state index contributed by atoms with van der Waals surface area (Å²) < 4.78 is 33.1. The molecule has 0 aliphatic heterocycles. The molecule has 2 aromatic carbocycles. The monoisotopic (exact) mass is 372 g/mol. The van der Waals surface area contributed by atoms with Crippen LogP contribution in [0.25, 0.3) is 11.1 Å². The van der Waals surface area contributed by atoms with Gasteiger partial charge in [0.25, 0.3) is 0 Å². The molecule has 1 unspecified atom stereocenters. The van der Waals surface area contributed by atoms with Crippen LogP contribution < -0.4 is 4.74 Å². The van der Waals surface area contributed by atoms with Crippen molar-refractivity contribution in [1.82, 2.24) is 0 Å². The summed E-state index contributed by atoms with van der Waals surface area (Å²) in [5.74, 6) is 0.523. The molecule has 3 heteroatoms. The van der Waals surface area contributed by atoms with Crippen LogP contribution in [0.15, 0.2) is 36.4 Å². The van der Waals surface area contributed by atoms with E-state index in [2.05, 4.69) is 13.8 Å². The van der Waals surface area contributed by atoms with Gasteiger partial charge in [0.2, 0.25) is 5.82 Å². The molecule has 0 aromatic heterocycles. The highest BCUT2D eigenvalue weighted by molar-refractivity contribution is 5.65. The second kappa shape index (κ2) is 8.86. The van der Waals surface area contributed by atoms with E-state index >= 15 is 0 Å². The van der Waals surface area contributed by atoms with Crippen LogP contribution >= 0.6 is 0 Å². The first kappa shape index (κ1) is 19.9. The molecule has 0 bridgehead atoms. The minimum absolute atomic E-state index is 0.0699. The van der Waals surface area contributed by atoms with Crippen LogP contribution in [0.3, 0.4) is 0 Å². The first-order chi connectivity index (χ1) is 13.0. The fraction of sp³-hybridized carbons (Fsp3) is 0.500. The average molecular weight is 372 g/mol. The highest BCUT2D eigenvalue weighted by Crippen LogP contribution is 2.36. The van der Waals surface area contributed by atoms with Crippen LogP contribution in [0.2, 0.25) is 0 Å². The summed E-state index contributed by atoms with van der Waals surface area (Å²) in [5.41, 5.74) is 2.22. The molecular weight excluding hydrogens is 342 g/mol. The Kier molecular flexibility index (Phi) is 6.51. The lowest BCUT2D eigenvalue weighted by atomic mass is 9.74. The molecule has 1 fully saturated rings. The summed E-state index contributed by atoms with van der Waals surface area (Å²) in [7, 11) is 1.34. The van der Waals surface area contributed by atoms with E-state index in [0.717, 1.165) is 18.3 Å². The standard InChI is InChI=1S/C24H30F2O/c1-4-17-5-9-19(10-6-17)16(2)15-18-7-11-20(12-8-18)21-13-14-22(27-3)24(26)23(21)25/h7-8,11-14,16-17,19H,4-6,9-10,15H2,1-3H3. The molecule has 146 valence electrons. The van der Waals surface area contributed by atoms with Gasteiger partial charge < -0.3 is 4.74 Å². The molecule has 1 aliphatic rings. The molecule has 3 rings (SSSR count). The van der Waals surface area contributed by atoms with E-state index in [-0.39, 0.29) is 11.3 Å².